The molecule has 4 rings (SSSR count). The largest absolute Gasteiger partial charge is 0.488 e. The number of ketones is 1. The molecule has 0 spiro atoms. The van der Waals surface area contributed by atoms with E-state index in [4.69, 9.17) is 4.74 Å². The molecule has 0 aliphatic carbocycles. The van der Waals surface area contributed by atoms with E-state index in [1.807, 2.05) is 54.7 Å². The number of Topliss-reactive ketones (excluding diaryl/α,β-unsaturated/α-hetero) is 1. The molecule has 0 bridgehead atoms. The van der Waals surface area contributed by atoms with Gasteiger partial charge in [-0.2, -0.15) is 5.10 Å². The number of nitrogens with zero attached hydrogens (tertiary/aromatic N) is 2. The van der Waals surface area contributed by atoms with E-state index in [1.165, 1.54) is 0 Å². The fraction of sp³-hybridized carbons (Fsp3) is 0.0526. The van der Waals surface area contributed by atoms with Crippen molar-refractivity contribution < 1.29 is 9.53 Å². The molecule has 0 N–H and O–H groups in total. The van der Waals surface area contributed by atoms with Gasteiger partial charge in [0.1, 0.15) is 12.4 Å². The average molecular weight is 381 g/mol. The highest BCUT2D eigenvalue weighted by Gasteiger charge is 2.23. The van der Waals surface area contributed by atoms with Crippen molar-refractivity contribution in [2.24, 2.45) is 0 Å². The standard InChI is InChI=1S/C19H13BrN2O2/c20-15-6-7-18-17(9-15)19(23)14(12-24-18)8-13-10-21-22(11-13)16-4-2-1-3-5-16/h1-11H,12H2/b14-8-. The summed E-state index contributed by atoms with van der Waals surface area (Å²) in [5, 5.41) is 4.35. The van der Waals surface area contributed by atoms with Crippen LogP contribution >= 0.6 is 15.9 Å². The second-order valence-electron chi connectivity index (χ2n) is 5.48. The van der Waals surface area contributed by atoms with E-state index in [2.05, 4.69) is 21.0 Å². The molecule has 0 amide bonds. The van der Waals surface area contributed by atoms with Crippen LogP contribution in [0, 0.1) is 0 Å². The van der Waals surface area contributed by atoms with Crippen LogP contribution in [0.15, 0.2) is 71.0 Å². The van der Waals surface area contributed by atoms with Gasteiger partial charge >= 0.3 is 0 Å². The topological polar surface area (TPSA) is 44.1 Å². The summed E-state index contributed by atoms with van der Waals surface area (Å²) in [6.45, 7) is 0.268. The molecule has 3 aromatic rings. The highest BCUT2D eigenvalue weighted by atomic mass is 79.9. The van der Waals surface area contributed by atoms with Gasteiger partial charge in [0.2, 0.25) is 0 Å². The second-order valence-corrected chi connectivity index (χ2v) is 6.40. The molecule has 0 unspecified atom stereocenters. The SMILES string of the molecule is O=C1/C(=C\c2cnn(-c3ccccc3)c2)COc2ccc(Br)cc21. The Kier molecular flexibility index (Phi) is 3.78. The van der Waals surface area contributed by atoms with Gasteiger partial charge < -0.3 is 4.74 Å². The number of hydrogen-bond acceptors (Lipinski definition) is 3. The second kappa shape index (κ2) is 6.09. The fourth-order valence-corrected chi connectivity index (χ4v) is 3.00. The molecule has 2 aromatic carbocycles. The Hall–Kier alpha value is -2.66. The normalized spacial score (nSPS) is 15.2. The third kappa shape index (κ3) is 2.78. The van der Waals surface area contributed by atoms with Crippen LogP contribution in [0.4, 0.5) is 0 Å². The highest BCUT2D eigenvalue weighted by Crippen LogP contribution is 2.30. The maximum atomic E-state index is 12.7. The number of halogens is 1. The van der Waals surface area contributed by atoms with E-state index in [-0.39, 0.29) is 12.4 Å². The van der Waals surface area contributed by atoms with E-state index < -0.39 is 0 Å². The number of aromatic nitrogens is 2. The Balaban J connectivity index is 1.65. The zero-order chi connectivity index (χ0) is 16.5. The summed E-state index contributed by atoms with van der Waals surface area (Å²) >= 11 is 3.39. The molecule has 2 heterocycles. The lowest BCUT2D eigenvalue weighted by molar-refractivity contribution is 0.100. The molecular formula is C19H13BrN2O2. The molecule has 1 aromatic heterocycles. The summed E-state index contributed by atoms with van der Waals surface area (Å²) in [4.78, 5) is 12.7. The van der Waals surface area contributed by atoms with Crippen LogP contribution in [-0.2, 0) is 0 Å². The molecule has 1 aliphatic rings. The maximum absolute atomic E-state index is 12.7. The first-order valence-electron chi connectivity index (χ1n) is 7.48. The summed E-state index contributed by atoms with van der Waals surface area (Å²) in [6, 6.07) is 15.3. The monoisotopic (exact) mass is 380 g/mol. The number of benzene rings is 2. The van der Waals surface area contributed by atoms with Gasteiger partial charge in [-0.1, -0.05) is 34.1 Å². The van der Waals surface area contributed by atoms with Crippen LogP contribution < -0.4 is 4.74 Å². The number of para-hydroxylation sites is 1. The van der Waals surface area contributed by atoms with E-state index in [0.717, 1.165) is 15.7 Å². The van der Waals surface area contributed by atoms with Crippen LogP contribution in [0.3, 0.4) is 0 Å². The van der Waals surface area contributed by atoms with Gasteiger partial charge in [-0.25, -0.2) is 4.68 Å². The molecular weight excluding hydrogens is 368 g/mol. The average Bonchev–Trinajstić information content (AvgIpc) is 3.07. The van der Waals surface area contributed by atoms with Crippen molar-refractivity contribution in [1.82, 2.24) is 9.78 Å². The fourth-order valence-electron chi connectivity index (χ4n) is 2.64. The summed E-state index contributed by atoms with van der Waals surface area (Å²) in [6.07, 6.45) is 5.47. The van der Waals surface area contributed by atoms with Crippen molar-refractivity contribution in [1.29, 1.82) is 0 Å². The van der Waals surface area contributed by atoms with Gasteiger partial charge in [0.25, 0.3) is 0 Å². The third-order valence-corrected chi connectivity index (χ3v) is 4.32. The molecule has 4 nitrogen and oxygen atoms in total. The number of hydrogen-bond donors (Lipinski definition) is 0. The van der Waals surface area contributed by atoms with Crippen LogP contribution in [0.1, 0.15) is 15.9 Å². The zero-order valence-corrected chi connectivity index (χ0v) is 14.2. The number of ether oxygens (including phenoxy) is 1. The summed E-state index contributed by atoms with van der Waals surface area (Å²) in [5.41, 5.74) is 3.04. The van der Waals surface area contributed by atoms with Crippen LogP contribution in [0.2, 0.25) is 0 Å². The van der Waals surface area contributed by atoms with Gasteiger partial charge in [0.05, 0.1) is 17.4 Å². The Bertz CT molecular complexity index is 945. The molecule has 0 atom stereocenters. The van der Waals surface area contributed by atoms with Crippen molar-refractivity contribution >= 4 is 27.8 Å². The highest BCUT2D eigenvalue weighted by molar-refractivity contribution is 9.10. The van der Waals surface area contributed by atoms with Gasteiger partial charge in [-0.15, -0.1) is 0 Å². The number of rotatable bonds is 2. The Morgan fingerprint density at radius 3 is 2.83 bits per heavy atom. The summed E-state index contributed by atoms with van der Waals surface area (Å²) in [7, 11) is 0. The number of fused-ring (bicyclic) bond motifs is 1. The molecule has 0 radical (unpaired) electrons. The Morgan fingerprint density at radius 2 is 2.00 bits per heavy atom. The van der Waals surface area contributed by atoms with Gasteiger partial charge in [-0.05, 0) is 36.4 Å². The van der Waals surface area contributed by atoms with Crippen LogP contribution in [0.25, 0.3) is 11.8 Å². The van der Waals surface area contributed by atoms with Gasteiger partial charge in [0.15, 0.2) is 5.78 Å². The van der Waals surface area contributed by atoms with E-state index in [1.54, 1.807) is 16.9 Å². The molecule has 0 saturated heterocycles. The van der Waals surface area contributed by atoms with E-state index in [9.17, 15) is 4.79 Å². The molecule has 1 aliphatic heterocycles. The minimum atomic E-state index is -0.00925. The number of carbonyl (C=O) groups excluding carboxylic acids is 1. The van der Waals surface area contributed by atoms with Crippen LogP contribution in [0.5, 0.6) is 5.75 Å². The van der Waals surface area contributed by atoms with Crippen molar-refractivity contribution in [2.45, 2.75) is 0 Å². The Labute approximate surface area is 147 Å². The molecule has 5 heteroatoms. The van der Waals surface area contributed by atoms with Crippen molar-refractivity contribution in [3.8, 4) is 11.4 Å². The lowest BCUT2D eigenvalue weighted by Crippen LogP contribution is -2.18. The first-order chi connectivity index (χ1) is 11.7. The van der Waals surface area contributed by atoms with Crippen molar-refractivity contribution in [3.05, 3.63) is 82.1 Å². The first kappa shape index (κ1) is 14.9. The van der Waals surface area contributed by atoms with E-state index >= 15 is 0 Å². The molecule has 0 saturated carbocycles. The number of carbonyl (C=O) groups is 1. The quantitative estimate of drug-likeness (QED) is 0.622. The maximum Gasteiger partial charge on any atom is 0.196 e. The lowest BCUT2D eigenvalue weighted by atomic mass is 9.99. The van der Waals surface area contributed by atoms with Gasteiger partial charge in [-0.3, -0.25) is 4.79 Å². The minimum absolute atomic E-state index is 0.00925. The zero-order valence-electron chi connectivity index (χ0n) is 12.6. The lowest BCUT2D eigenvalue weighted by Gasteiger charge is -2.18. The molecule has 118 valence electrons. The predicted molar refractivity (Wildman–Crippen MR) is 95.5 cm³/mol. The third-order valence-electron chi connectivity index (χ3n) is 3.83. The van der Waals surface area contributed by atoms with Crippen molar-refractivity contribution in [2.75, 3.05) is 6.61 Å². The van der Waals surface area contributed by atoms with Gasteiger partial charge in [0, 0.05) is 21.8 Å². The predicted octanol–water partition coefficient (Wildman–Crippen LogP) is 4.29. The van der Waals surface area contributed by atoms with Crippen LogP contribution in [-0.4, -0.2) is 22.2 Å². The van der Waals surface area contributed by atoms with E-state index in [0.29, 0.717) is 16.9 Å². The summed E-state index contributed by atoms with van der Waals surface area (Å²) < 4.78 is 8.33. The molecule has 0 fully saturated rings. The first-order valence-corrected chi connectivity index (χ1v) is 8.28. The smallest absolute Gasteiger partial charge is 0.196 e. The summed E-state index contributed by atoms with van der Waals surface area (Å²) in [5.74, 6) is 0.616. The molecule has 24 heavy (non-hydrogen) atoms. The van der Waals surface area contributed by atoms with Crippen molar-refractivity contribution in [3.63, 3.8) is 0 Å². The Morgan fingerprint density at radius 1 is 1.17 bits per heavy atom. The minimum Gasteiger partial charge on any atom is -0.488 e.